The molecule has 0 fully saturated rings. The smallest absolute Gasteiger partial charge is 0.325 e. The van der Waals surface area contributed by atoms with E-state index in [-0.39, 0.29) is 70.9 Å². The Kier molecular flexibility index (Phi) is 38.8. The highest BCUT2D eigenvalue weighted by Gasteiger charge is 2.38. The SMILES string of the molecule is CC(=O)CC(NC(=O)CNC(=O)C(NC(=O)C(CO)NC(=O)C(CCCCN)NC(=O)C(CO)NC(=O)C(NC(=O)C(CCCNC(=N)N)NC(=O)C(Cc1cnc[nH]1)NC(=O)C(Cc1ccccc1)NC(=O)C(Cc1ccccc1)NC(C)=O)C(C)O)C(C)O)C(=O)NC(Cc1ccccc1)C(=O)N[C@@H](C)C(=O)O. The predicted molar refractivity (Wildman–Crippen MR) is 393 cm³/mol. The molecule has 4 rings (SSSR count). The standard InChI is InChI=1S/C71H101N19O20/c1-38(93)28-49(62(101)84-51(30-44-20-11-7-12-21-44)61(100)79-39(2)70(109)110)81-56(97)34-77-68(107)57(40(3)94)89-67(106)55(36-92)87-59(98)47(24-15-16-26-72)83-66(105)54(35-91)88-69(108)58(41(4)95)90-60(99)48(25-17-27-76-71(73)74)82-65(104)53(32-46-33-75-37-78-46)86-64(103)52(31-45-22-13-8-14-23-45)85-63(102)50(80-42(5)96)29-43-18-9-6-10-19-43/h6-14,18-23,33,37,39-41,47-55,57-58,91-92,94-95H,15-17,24-32,34-36,72H2,1-5H3,(H,75,78)(H,77,107)(H,79,100)(H,80,96)(H,81,97)(H,82,104)(H,83,105)(H,84,101)(H,85,102)(H,86,103)(H,87,98)(H,88,108)(H,89,106)(H,90,99)(H,109,110)(H4,73,74,76)/t39-,40?,41?,47?,48?,49?,50?,51?,52?,53?,54?,55?,57?,58?/m0/s1. The third-order valence-electron chi connectivity index (χ3n) is 16.7. The average Bonchev–Trinajstić information content (AvgIpc) is 1.81. The minimum Gasteiger partial charge on any atom is -0.480 e. The number of carbonyl (C=O) groups excluding carboxylic acids is 14. The lowest BCUT2D eigenvalue weighted by Crippen LogP contribution is -2.63. The summed E-state index contributed by atoms with van der Waals surface area (Å²) in [5, 5.41) is 93.1. The zero-order chi connectivity index (χ0) is 81.6. The van der Waals surface area contributed by atoms with Crippen molar-refractivity contribution in [1.82, 2.24) is 84.4 Å². The third-order valence-corrected chi connectivity index (χ3v) is 16.7. The van der Waals surface area contributed by atoms with Gasteiger partial charge in [0.1, 0.15) is 78.3 Å². The Bertz CT molecular complexity index is 3750. The van der Waals surface area contributed by atoms with E-state index in [1.165, 1.54) is 26.4 Å². The van der Waals surface area contributed by atoms with Crippen LogP contribution in [0.15, 0.2) is 104 Å². The number of guanidine groups is 1. The fourth-order valence-corrected chi connectivity index (χ4v) is 10.8. The van der Waals surface area contributed by atoms with Gasteiger partial charge in [-0.3, -0.25) is 77.3 Å². The number of benzene rings is 3. The maximum absolute atomic E-state index is 14.6. The van der Waals surface area contributed by atoms with Gasteiger partial charge in [-0.2, -0.15) is 0 Å². The number of ketones is 1. The van der Waals surface area contributed by atoms with Gasteiger partial charge in [-0.25, -0.2) is 4.98 Å². The number of aliphatic carboxylic acids is 1. The number of aliphatic hydroxyl groups excluding tert-OH is 4. The number of unbranched alkanes of at least 4 members (excludes halogenated alkanes) is 1. The number of aromatic nitrogens is 2. The van der Waals surface area contributed by atoms with Crippen LogP contribution in [-0.2, 0) is 97.6 Å². The summed E-state index contributed by atoms with van der Waals surface area (Å²) < 4.78 is 0. The second-order valence-electron chi connectivity index (χ2n) is 25.9. The molecule has 3 aromatic carbocycles. The summed E-state index contributed by atoms with van der Waals surface area (Å²) in [6.07, 6.45) is -2.11. The normalized spacial score (nSPS) is 14.8. The van der Waals surface area contributed by atoms with Gasteiger partial charge < -0.3 is 116 Å². The van der Waals surface area contributed by atoms with Crippen LogP contribution in [0.4, 0.5) is 0 Å². The summed E-state index contributed by atoms with van der Waals surface area (Å²) in [4.78, 5) is 210. The van der Waals surface area contributed by atoms with Gasteiger partial charge in [0.25, 0.3) is 0 Å². The molecule has 0 saturated carbocycles. The summed E-state index contributed by atoms with van der Waals surface area (Å²) in [5.74, 6) is -16.0. The molecule has 14 atom stereocenters. The molecular formula is C71H101N19O20. The molecule has 39 heteroatoms. The molecule has 0 aliphatic rings. The molecule has 39 nitrogen and oxygen atoms in total. The molecule has 0 radical (unpaired) electrons. The van der Waals surface area contributed by atoms with Crippen LogP contribution in [0.1, 0.15) is 95.5 Å². The van der Waals surface area contributed by atoms with Crippen LogP contribution in [0.3, 0.4) is 0 Å². The number of aliphatic hydroxyl groups is 4. The Labute approximate surface area is 633 Å². The highest BCUT2D eigenvalue weighted by atomic mass is 16.4. The molecule has 0 spiro atoms. The summed E-state index contributed by atoms with van der Waals surface area (Å²) in [5.41, 5.74) is 13.3. The third kappa shape index (κ3) is 32.3. The average molecular weight is 1540 g/mol. The van der Waals surface area contributed by atoms with Gasteiger partial charge in [0, 0.05) is 57.5 Å². The van der Waals surface area contributed by atoms with E-state index >= 15 is 0 Å². The molecule has 13 amide bonds. The molecule has 1 heterocycles. The predicted octanol–water partition coefficient (Wildman–Crippen LogP) is -7.14. The number of nitrogens with two attached hydrogens (primary N) is 2. The quantitative estimate of drug-likeness (QED) is 0.0111. The number of nitrogens with one attached hydrogen (secondary N) is 16. The lowest BCUT2D eigenvalue weighted by molar-refractivity contribution is -0.142. The number of carboxylic acids is 1. The molecule has 0 saturated heterocycles. The van der Waals surface area contributed by atoms with E-state index in [2.05, 4.69) is 84.4 Å². The fraction of sp³-hybridized carbons (Fsp3) is 0.479. The van der Waals surface area contributed by atoms with Crippen LogP contribution in [0, 0.1) is 5.41 Å². The first kappa shape index (κ1) is 90.6. The number of amides is 13. The van der Waals surface area contributed by atoms with Crippen LogP contribution in [-0.4, -0.2) is 248 Å². The largest absolute Gasteiger partial charge is 0.480 e. The van der Waals surface area contributed by atoms with Crippen molar-refractivity contribution in [2.24, 2.45) is 11.5 Å². The highest BCUT2D eigenvalue weighted by Crippen LogP contribution is 2.13. The van der Waals surface area contributed by atoms with E-state index in [0.717, 1.165) is 20.8 Å². The number of carbonyl (C=O) groups is 15. The van der Waals surface area contributed by atoms with Crippen molar-refractivity contribution in [3.05, 3.63) is 126 Å². The summed E-state index contributed by atoms with van der Waals surface area (Å²) >= 11 is 0. The van der Waals surface area contributed by atoms with Crippen LogP contribution >= 0.6 is 0 Å². The van der Waals surface area contributed by atoms with Gasteiger partial charge in [-0.15, -0.1) is 0 Å². The van der Waals surface area contributed by atoms with E-state index in [1.807, 2.05) is 0 Å². The van der Waals surface area contributed by atoms with Crippen LogP contribution in [0.2, 0.25) is 0 Å². The van der Waals surface area contributed by atoms with Crippen LogP contribution in [0.5, 0.6) is 0 Å². The number of nitrogens with zero attached hydrogens (tertiary/aromatic N) is 1. The van der Waals surface area contributed by atoms with E-state index in [0.29, 0.717) is 22.4 Å². The van der Waals surface area contributed by atoms with Crippen LogP contribution < -0.4 is 85.9 Å². The van der Waals surface area contributed by atoms with E-state index in [9.17, 15) is 97.5 Å². The maximum Gasteiger partial charge on any atom is 0.325 e. The van der Waals surface area contributed by atoms with Crippen molar-refractivity contribution in [2.75, 3.05) is 32.8 Å². The number of Topliss-reactive ketones (excluding diaryl/α,β-unsaturated/α-hetero) is 1. The van der Waals surface area contributed by atoms with E-state index in [4.69, 9.17) is 16.9 Å². The first-order valence-corrected chi connectivity index (χ1v) is 35.3. The lowest BCUT2D eigenvalue weighted by atomic mass is 10.0. The van der Waals surface area contributed by atoms with Gasteiger partial charge in [0.15, 0.2) is 5.96 Å². The summed E-state index contributed by atoms with van der Waals surface area (Å²) in [7, 11) is 0. The number of H-pyrrole nitrogens is 1. The van der Waals surface area contributed by atoms with Gasteiger partial charge in [0.2, 0.25) is 76.8 Å². The van der Waals surface area contributed by atoms with E-state index in [1.54, 1.807) is 91.0 Å². The maximum atomic E-state index is 14.6. The first-order chi connectivity index (χ1) is 52.2. The first-order valence-electron chi connectivity index (χ1n) is 35.3. The molecular weight excluding hydrogens is 1440 g/mol. The number of carboxylic acid groups (broad SMARTS) is 1. The van der Waals surface area contributed by atoms with Gasteiger partial charge in [0.05, 0.1) is 38.3 Å². The molecule has 1 aromatic heterocycles. The monoisotopic (exact) mass is 1540 g/mol. The number of imidazole rings is 1. The fourth-order valence-electron chi connectivity index (χ4n) is 10.8. The van der Waals surface area contributed by atoms with Crippen molar-refractivity contribution >= 4 is 94.5 Å². The van der Waals surface area contributed by atoms with Gasteiger partial charge >= 0.3 is 5.97 Å². The van der Waals surface area contributed by atoms with Crippen molar-refractivity contribution in [3.8, 4) is 0 Å². The molecule has 4 aromatic rings. The Morgan fingerprint density at radius 1 is 0.455 bits per heavy atom. The number of hydrogen-bond acceptors (Lipinski definition) is 22. The Hall–Kier alpha value is -11.8. The number of hydrogen-bond donors (Lipinski definition) is 23. The second-order valence-corrected chi connectivity index (χ2v) is 25.9. The minimum absolute atomic E-state index is 0.00476. The Morgan fingerprint density at radius 3 is 1.25 bits per heavy atom. The molecule has 110 heavy (non-hydrogen) atoms. The molecule has 0 aliphatic heterocycles. The molecule has 13 unspecified atom stereocenters. The van der Waals surface area contributed by atoms with Crippen molar-refractivity contribution in [3.63, 3.8) is 0 Å². The van der Waals surface area contributed by atoms with E-state index < -0.39 is 205 Å². The molecule has 0 bridgehead atoms. The Balaban J connectivity index is 1.49. The topological polar surface area (TPSA) is 630 Å². The van der Waals surface area contributed by atoms with Gasteiger partial charge in [-0.05, 0) is 83.0 Å². The second kappa shape index (κ2) is 47.1. The zero-order valence-corrected chi connectivity index (χ0v) is 61.5. The zero-order valence-electron chi connectivity index (χ0n) is 61.5. The number of rotatable bonds is 48. The molecule has 0 aliphatic carbocycles. The van der Waals surface area contributed by atoms with Crippen molar-refractivity contribution < 1.29 is 97.5 Å². The molecule has 600 valence electrons. The summed E-state index contributed by atoms with van der Waals surface area (Å²) in [6.45, 7) is 2.39. The lowest BCUT2D eigenvalue weighted by Gasteiger charge is -2.28. The van der Waals surface area contributed by atoms with Crippen molar-refractivity contribution in [2.45, 2.75) is 184 Å². The molecule has 25 N–H and O–H groups in total. The van der Waals surface area contributed by atoms with Crippen LogP contribution in [0.25, 0.3) is 0 Å². The van der Waals surface area contributed by atoms with Crippen molar-refractivity contribution in [1.29, 1.82) is 5.41 Å². The Morgan fingerprint density at radius 2 is 0.836 bits per heavy atom. The number of aromatic amines is 1. The minimum atomic E-state index is -1.98. The summed E-state index contributed by atoms with van der Waals surface area (Å²) in [6, 6.07) is 5.96. The highest BCUT2D eigenvalue weighted by molar-refractivity contribution is 6.00. The van der Waals surface area contributed by atoms with Gasteiger partial charge in [-0.1, -0.05) is 91.0 Å².